The van der Waals surface area contributed by atoms with Crippen LogP contribution in [0.5, 0.6) is 0 Å². The van der Waals surface area contributed by atoms with Gasteiger partial charge in [0.2, 0.25) is 0 Å². The van der Waals surface area contributed by atoms with E-state index in [0.717, 1.165) is 33.4 Å². The van der Waals surface area contributed by atoms with Crippen molar-refractivity contribution in [2.24, 2.45) is 0 Å². The van der Waals surface area contributed by atoms with E-state index in [1.165, 1.54) is 15.6 Å². The van der Waals surface area contributed by atoms with Crippen LogP contribution in [0.15, 0.2) is 164 Å². The largest absolute Gasteiger partial charge is 0.415 e. The average Bonchev–Trinajstić information content (AvgIpc) is 3.22. The summed E-state index contributed by atoms with van der Waals surface area (Å²) in [6.45, 7) is 13.6. The fraction of sp³-hybridized carbons (Fsp3) is 0.250. The number of rotatable bonds is 21. The second-order valence-corrected chi connectivity index (χ2v) is 21.1. The third-order valence-corrected chi connectivity index (χ3v) is 15.7. The van der Waals surface area contributed by atoms with Gasteiger partial charge in [0.05, 0.1) is 19.8 Å². The minimum atomic E-state index is -2.14. The van der Waals surface area contributed by atoms with E-state index >= 15 is 0 Å². The third-order valence-electron chi connectivity index (χ3n) is 10.4. The highest BCUT2D eigenvalue weighted by Crippen LogP contribution is 2.56. The Morgan fingerprint density at radius 3 is 0.862 bits per heavy atom. The van der Waals surface area contributed by atoms with Gasteiger partial charge < -0.3 is 13.3 Å². The fourth-order valence-corrected chi connectivity index (χ4v) is 12.4. The number of hydrogen-bond donors (Lipinski definition) is 0. The van der Waals surface area contributed by atoms with E-state index in [1.54, 1.807) is 0 Å². The zero-order chi connectivity index (χ0) is 40.9. The van der Waals surface area contributed by atoms with Gasteiger partial charge in [0, 0.05) is 0 Å². The van der Waals surface area contributed by atoms with E-state index in [0.29, 0.717) is 19.8 Å². The lowest BCUT2D eigenvalue weighted by atomic mass is 9.93. The smallest absolute Gasteiger partial charge is 0.335 e. The molecule has 0 radical (unpaired) electrons. The summed E-state index contributed by atoms with van der Waals surface area (Å²) in [5.74, 6) is 0. The minimum absolute atomic E-state index is 0.321. The summed E-state index contributed by atoms with van der Waals surface area (Å²) < 4.78 is 42.2. The van der Waals surface area contributed by atoms with Crippen molar-refractivity contribution < 1.29 is 26.8 Å². The molecular weight excluding hydrogens is 788 g/mol. The van der Waals surface area contributed by atoms with E-state index < -0.39 is 54.7 Å². The Hall–Kier alpha value is -3.84. The molecule has 0 aliphatic rings. The van der Waals surface area contributed by atoms with Crippen LogP contribution in [0, 0.1) is 20.8 Å². The van der Waals surface area contributed by atoms with Gasteiger partial charge in [-0.2, -0.15) is 0 Å². The normalized spacial score (nSPS) is 15.8. The molecule has 0 amide bonds. The molecular formula is C48H57O6PSi3. The Morgan fingerprint density at radius 2 is 0.603 bits per heavy atom. The van der Waals surface area contributed by atoms with Gasteiger partial charge in [-0.15, -0.1) is 0 Å². The summed E-state index contributed by atoms with van der Waals surface area (Å²) in [4.78, 5) is 0. The van der Waals surface area contributed by atoms with Crippen molar-refractivity contribution in [3.63, 3.8) is 0 Å². The monoisotopic (exact) mass is 844 g/mol. The van der Waals surface area contributed by atoms with Crippen LogP contribution in [-0.2, 0) is 43.7 Å². The summed E-state index contributed by atoms with van der Waals surface area (Å²) in [6, 6.07) is 56.4. The van der Waals surface area contributed by atoms with Crippen molar-refractivity contribution in [2.45, 2.75) is 58.3 Å². The van der Waals surface area contributed by atoms with Gasteiger partial charge in [-0.05, 0) is 90.5 Å². The molecule has 0 bridgehead atoms. The van der Waals surface area contributed by atoms with Gasteiger partial charge in [0.25, 0.3) is 0 Å². The number of benzene rings is 6. The maximum absolute atomic E-state index is 7.42. The number of hydrogen-bond acceptors (Lipinski definition) is 6. The predicted octanol–water partition coefficient (Wildman–Crippen LogP) is 7.21. The Morgan fingerprint density at radius 1 is 0.362 bits per heavy atom. The maximum atomic E-state index is 7.42. The molecule has 0 aliphatic carbocycles. The van der Waals surface area contributed by atoms with E-state index in [1.807, 2.05) is 18.2 Å². The molecule has 0 aliphatic heterocycles. The highest BCUT2D eigenvalue weighted by molar-refractivity contribution is 7.41. The molecule has 10 heteroatoms. The average molecular weight is 845 g/mol. The highest BCUT2D eigenvalue weighted by Gasteiger charge is 2.44. The molecule has 302 valence electrons. The first kappa shape index (κ1) is 43.7. The molecule has 0 spiro atoms. The van der Waals surface area contributed by atoms with Crippen LogP contribution in [0.25, 0.3) is 0 Å². The van der Waals surface area contributed by atoms with Crippen LogP contribution >= 0.6 is 8.60 Å². The molecule has 0 N–H and O–H groups in total. The van der Waals surface area contributed by atoms with Gasteiger partial charge in [0.1, 0.15) is 16.8 Å². The van der Waals surface area contributed by atoms with Crippen LogP contribution in [0.2, 0.25) is 0 Å². The molecule has 6 rings (SSSR count). The molecule has 0 fully saturated rings. The first-order chi connectivity index (χ1) is 28.1. The third kappa shape index (κ3) is 11.9. The lowest BCUT2D eigenvalue weighted by molar-refractivity contribution is -0.0671. The van der Waals surface area contributed by atoms with E-state index in [-0.39, 0.29) is 0 Å². The van der Waals surface area contributed by atoms with Crippen LogP contribution in [0.3, 0.4) is 0 Å². The molecule has 6 aromatic carbocycles. The van der Waals surface area contributed by atoms with Crippen LogP contribution < -0.4 is 15.6 Å². The van der Waals surface area contributed by atoms with Crippen molar-refractivity contribution in [1.29, 1.82) is 0 Å². The summed E-state index contributed by atoms with van der Waals surface area (Å²) in [7, 11) is -5.33. The van der Waals surface area contributed by atoms with Crippen LogP contribution in [-0.4, -0.2) is 49.1 Å². The molecule has 3 atom stereocenters. The van der Waals surface area contributed by atoms with Crippen LogP contribution in [0.1, 0.15) is 54.2 Å². The van der Waals surface area contributed by atoms with Gasteiger partial charge in [0.15, 0.2) is 29.3 Å². The Balaban J connectivity index is 1.41. The maximum Gasteiger partial charge on any atom is 0.335 e. The quantitative estimate of drug-likeness (QED) is 0.0565. The SMILES string of the molecule is Cc1ccccc1C(C)(CO[SiH2]c1ccccc1)OP(OC(C)(CO[SiH2]c1ccccc1)c1ccccc1C)OC(C)(CO[SiH2]c1ccccc1)c1ccccc1C. The number of aryl methyl sites for hydroxylation is 3. The molecule has 0 aromatic heterocycles. The van der Waals surface area contributed by atoms with E-state index in [2.05, 4.69) is 187 Å². The van der Waals surface area contributed by atoms with Gasteiger partial charge >= 0.3 is 8.60 Å². The predicted molar refractivity (Wildman–Crippen MR) is 247 cm³/mol. The first-order valence-electron chi connectivity index (χ1n) is 20.0. The van der Waals surface area contributed by atoms with E-state index in [9.17, 15) is 0 Å². The Kier molecular flexibility index (Phi) is 15.8. The highest BCUT2D eigenvalue weighted by atomic mass is 31.2. The Bertz CT molecular complexity index is 1920. The lowest BCUT2D eigenvalue weighted by Gasteiger charge is -2.42. The van der Waals surface area contributed by atoms with Crippen molar-refractivity contribution in [3.05, 3.63) is 197 Å². The minimum Gasteiger partial charge on any atom is -0.415 e. The molecule has 0 saturated heterocycles. The molecule has 0 heterocycles. The van der Waals surface area contributed by atoms with Crippen molar-refractivity contribution in [3.8, 4) is 0 Å². The molecule has 0 saturated carbocycles. The second-order valence-electron chi connectivity index (χ2n) is 15.6. The standard InChI is InChI=1S/C48H57O6PSi3/c1-37-22-16-19-31-43(37)46(4,34-49-56-40-25-10-7-11-26-40)52-55(53-47(5,44-32-20-17-23-38(44)2)35-50-57-41-27-12-8-13-28-41)54-48(6,45-33-21-18-24-39(45)3)36-51-58-42-29-14-9-15-30-42/h7-33H,34-36,56-58H2,1-6H3. The Labute approximate surface area is 354 Å². The van der Waals surface area contributed by atoms with Crippen molar-refractivity contribution >= 4 is 53.5 Å². The van der Waals surface area contributed by atoms with Gasteiger partial charge in [-0.25, -0.2) is 0 Å². The fourth-order valence-electron chi connectivity index (χ4n) is 7.32. The van der Waals surface area contributed by atoms with Gasteiger partial charge in [-0.3, -0.25) is 13.6 Å². The zero-order valence-corrected chi connectivity index (χ0v) is 39.9. The summed E-state index contributed by atoms with van der Waals surface area (Å²) in [5, 5.41) is 3.68. The summed E-state index contributed by atoms with van der Waals surface area (Å²) in [6.07, 6.45) is 0. The summed E-state index contributed by atoms with van der Waals surface area (Å²) >= 11 is 0. The zero-order valence-electron chi connectivity index (χ0n) is 34.7. The molecule has 58 heavy (non-hydrogen) atoms. The van der Waals surface area contributed by atoms with E-state index in [4.69, 9.17) is 26.8 Å². The summed E-state index contributed by atoms with van der Waals surface area (Å²) in [5.41, 5.74) is 3.56. The van der Waals surface area contributed by atoms with Crippen molar-refractivity contribution in [1.82, 2.24) is 0 Å². The van der Waals surface area contributed by atoms with Crippen LogP contribution in [0.4, 0.5) is 0 Å². The van der Waals surface area contributed by atoms with Gasteiger partial charge in [-0.1, -0.05) is 164 Å². The van der Waals surface area contributed by atoms with Crippen molar-refractivity contribution in [2.75, 3.05) is 19.8 Å². The first-order valence-corrected chi connectivity index (χ1v) is 24.9. The molecule has 6 nitrogen and oxygen atoms in total. The molecule has 6 aromatic rings. The lowest BCUT2D eigenvalue weighted by Crippen LogP contribution is -2.39. The second kappa shape index (κ2) is 20.9. The topological polar surface area (TPSA) is 55.4 Å². The molecule has 3 unspecified atom stereocenters.